The lowest BCUT2D eigenvalue weighted by Crippen LogP contribution is -2.05. The van der Waals surface area contributed by atoms with Crippen LogP contribution < -0.4 is 5.32 Å². The van der Waals surface area contributed by atoms with Crippen LogP contribution in [0, 0.1) is 0 Å². The van der Waals surface area contributed by atoms with Gasteiger partial charge in [0.15, 0.2) is 0 Å². The van der Waals surface area contributed by atoms with Crippen molar-refractivity contribution in [3.8, 4) is 0 Å². The lowest BCUT2D eigenvalue weighted by atomic mass is 10.2. The van der Waals surface area contributed by atoms with Crippen molar-refractivity contribution in [2.45, 2.75) is 13.0 Å². The number of nitrogens with zero attached hydrogens (tertiary/aromatic N) is 1. The predicted octanol–water partition coefficient (Wildman–Crippen LogP) is 5.42. The molecule has 0 saturated heterocycles. The number of benzene rings is 1. The molecule has 0 aliphatic carbocycles. The van der Waals surface area contributed by atoms with E-state index in [1.165, 1.54) is 0 Å². The molecular weight excluding hydrogens is 340 g/mol. The van der Waals surface area contributed by atoms with Crippen LogP contribution in [0.3, 0.4) is 0 Å². The van der Waals surface area contributed by atoms with Crippen LogP contribution in [0.5, 0.6) is 0 Å². The summed E-state index contributed by atoms with van der Waals surface area (Å²) >= 11 is 9.34. The van der Waals surface area contributed by atoms with Gasteiger partial charge in [-0.2, -0.15) is 0 Å². The average molecular weight is 352 g/mol. The minimum Gasteiger partial charge on any atom is -0.459 e. The van der Waals surface area contributed by atoms with Crippen LogP contribution in [-0.2, 0) is 0 Å². The van der Waals surface area contributed by atoms with Gasteiger partial charge in [-0.25, -0.2) is 4.98 Å². The van der Waals surface area contributed by atoms with Crippen LogP contribution in [-0.4, -0.2) is 4.98 Å². The minimum atomic E-state index is 0.0413. The Bertz CT molecular complexity index is 756. The third-order valence-corrected chi connectivity index (χ3v) is 3.73. The van der Waals surface area contributed by atoms with E-state index in [9.17, 15) is 0 Å². The fraction of sp³-hybridized carbons (Fsp3) is 0.133. The van der Waals surface area contributed by atoms with Crippen molar-refractivity contribution >= 4 is 44.2 Å². The number of nitrogens with one attached hydrogen (secondary N) is 1. The molecule has 2 heterocycles. The molecular formula is C15H12BrClN2O. The normalized spacial score (nSPS) is 12.6. The Morgan fingerprint density at radius 1 is 1.25 bits per heavy atom. The zero-order valence-corrected chi connectivity index (χ0v) is 13.1. The monoisotopic (exact) mass is 350 g/mol. The van der Waals surface area contributed by atoms with Gasteiger partial charge in [0, 0.05) is 21.7 Å². The van der Waals surface area contributed by atoms with E-state index < -0.39 is 0 Å². The summed E-state index contributed by atoms with van der Waals surface area (Å²) in [4.78, 5) is 3.96. The molecule has 0 saturated carbocycles. The quantitative estimate of drug-likeness (QED) is 0.641. The first-order valence-corrected chi connectivity index (χ1v) is 7.36. The molecule has 1 aromatic carbocycles. The molecule has 0 radical (unpaired) electrons. The molecule has 1 unspecified atom stereocenters. The number of aromatic nitrogens is 1. The van der Waals surface area contributed by atoms with E-state index in [2.05, 4.69) is 26.2 Å². The van der Waals surface area contributed by atoms with Crippen molar-refractivity contribution in [3.05, 3.63) is 58.0 Å². The molecule has 3 rings (SSSR count). The third-order valence-electron chi connectivity index (χ3n) is 3.03. The Kier molecular flexibility index (Phi) is 3.68. The highest BCUT2D eigenvalue weighted by Gasteiger charge is 2.12. The third kappa shape index (κ3) is 2.81. The summed E-state index contributed by atoms with van der Waals surface area (Å²) in [7, 11) is 0. The Balaban J connectivity index is 1.86. The van der Waals surface area contributed by atoms with Crippen LogP contribution in [0.2, 0.25) is 5.15 Å². The molecule has 2 aromatic heterocycles. The van der Waals surface area contributed by atoms with E-state index in [4.69, 9.17) is 16.0 Å². The molecule has 0 bridgehead atoms. The van der Waals surface area contributed by atoms with Crippen molar-refractivity contribution in [2.75, 3.05) is 5.32 Å². The van der Waals surface area contributed by atoms with Gasteiger partial charge >= 0.3 is 0 Å². The number of hydrogen-bond donors (Lipinski definition) is 1. The van der Waals surface area contributed by atoms with E-state index in [0.717, 1.165) is 26.9 Å². The molecule has 0 aliphatic rings. The smallest absolute Gasteiger partial charge is 0.134 e. The fourth-order valence-corrected chi connectivity index (χ4v) is 2.61. The van der Waals surface area contributed by atoms with Gasteiger partial charge in [0.2, 0.25) is 0 Å². The van der Waals surface area contributed by atoms with E-state index in [1.807, 2.05) is 37.3 Å². The highest BCUT2D eigenvalue weighted by molar-refractivity contribution is 9.10. The number of hydrogen-bond acceptors (Lipinski definition) is 3. The number of anilines is 1. The predicted molar refractivity (Wildman–Crippen MR) is 85.2 cm³/mol. The van der Waals surface area contributed by atoms with Crippen molar-refractivity contribution in [3.63, 3.8) is 0 Å². The first kappa shape index (κ1) is 13.5. The van der Waals surface area contributed by atoms with Gasteiger partial charge in [-0.1, -0.05) is 27.5 Å². The molecule has 3 nitrogen and oxygen atoms in total. The number of rotatable bonds is 3. The molecule has 20 heavy (non-hydrogen) atoms. The van der Waals surface area contributed by atoms with Crippen molar-refractivity contribution < 1.29 is 4.42 Å². The second-order valence-electron chi connectivity index (χ2n) is 4.56. The van der Waals surface area contributed by atoms with Gasteiger partial charge < -0.3 is 9.73 Å². The molecule has 1 atom stereocenters. The topological polar surface area (TPSA) is 38.1 Å². The van der Waals surface area contributed by atoms with Crippen LogP contribution in [0.15, 0.2) is 51.5 Å². The van der Waals surface area contributed by atoms with Gasteiger partial charge in [-0.05, 0) is 43.3 Å². The SMILES string of the molecule is CC(Nc1ccnc(Cl)c1)c1cc2cc(Br)ccc2o1. The van der Waals surface area contributed by atoms with Gasteiger partial charge in [-0.15, -0.1) is 0 Å². The lowest BCUT2D eigenvalue weighted by Gasteiger charge is -2.12. The Hall–Kier alpha value is -1.52. The summed E-state index contributed by atoms with van der Waals surface area (Å²) in [5, 5.41) is 4.89. The van der Waals surface area contributed by atoms with Gasteiger partial charge in [0.25, 0.3) is 0 Å². The van der Waals surface area contributed by atoms with Crippen molar-refractivity contribution in [2.24, 2.45) is 0 Å². The van der Waals surface area contributed by atoms with Gasteiger partial charge in [0.1, 0.15) is 16.5 Å². The summed E-state index contributed by atoms with van der Waals surface area (Å²) in [5.74, 6) is 0.881. The van der Waals surface area contributed by atoms with Crippen molar-refractivity contribution in [1.29, 1.82) is 0 Å². The summed E-state index contributed by atoms with van der Waals surface area (Å²) in [6.45, 7) is 2.04. The molecule has 0 spiro atoms. The standard InChI is InChI=1S/C15H12BrClN2O/c1-9(19-12-4-5-18-15(17)8-12)14-7-10-6-11(16)2-3-13(10)20-14/h2-9H,1H3,(H,18,19). The van der Waals surface area contributed by atoms with Gasteiger partial charge in [-0.3, -0.25) is 0 Å². The first-order valence-electron chi connectivity index (χ1n) is 6.19. The maximum Gasteiger partial charge on any atom is 0.134 e. The fourth-order valence-electron chi connectivity index (χ4n) is 2.06. The summed E-state index contributed by atoms with van der Waals surface area (Å²) in [5.41, 5.74) is 1.80. The van der Waals surface area contributed by atoms with Crippen LogP contribution >= 0.6 is 27.5 Å². The highest BCUT2D eigenvalue weighted by Crippen LogP contribution is 2.28. The molecule has 0 fully saturated rings. The Labute approximate surface area is 130 Å². The molecule has 5 heteroatoms. The second-order valence-corrected chi connectivity index (χ2v) is 5.87. The van der Waals surface area contributed by atoms with E-state index >= 15 is 0 Å². The largest absolute Gasteiger partial charge is 0.459 e. The van der Waals surface area contributed by atoms with E-state index in [1.54, 1.807) is 12.3 Å². The minimum absolute atomic E-state index is 0.0413. The van der Waals surface area contributed by atoms with Crippen LogP contribution in [0.1, 0.15) is 18.7 Å². The molecule has 0 amide bonds. The highest BCUT2D eigenvalue weighted by atomic mass is 79.9. The number of pyridine rings is 1. The van der Waals surface area contributed by atoms with Crippen LogP contribution in [0.25, 0.3) is 11.0 Å². The zero-order valence-electron chi connectivity index (χ0n) is 10.7. The van der Waals surface area contributed by atoms with Gasteiger partial charge in [0.05, 0.1) is 6.04 Å². The maximum absolute atomic E-state index is 5.88. The second kappa shape index (κ2) is 5.46. The first-order chi connectivity index (χ1) is 9.61. The van der Waals surface area contributed by atoms with E-state index in [0.29, 0.717) is 5.15 Å². The average Bonchev–Trinajstić information content (AvgIpc) is 2.81. The zero-order chi connectivity index (χ0) is 14.1. The van der Waals surface area contributed by atoms with E-state index in [-0.39, 0.29) is 6.04 Å². The Morgan fingerprint density at radius 2 is 2.10 bits per heavy atom. The summed E-state index contributed by atoms with van der Waals surface area (Å²) in [6.07, 6.45) is 1.67. The van der Waals surface area contributed by atoms with Crippen LogP contribution in [0.4, 0.5) is 5.69 Å². The van der Waals surface area contributed by atoms with Crippen molar-refractivity contribution in [1.82, 2.24) is 4.98 Å². The number of halogens is 2. The molecule has 3 aromatic rings. The summed E-state index contributed by atoms with van der Waals surface area (Å²) < 4.78 is 6.90. The number of fused-ring (bicyclic) bond motifs is 1. The molecule has 102 valence electrons. The molecule has 0 aliphatic heterocycles. The molecule has 1 N–H and O–H groups in total. The Morgan fingerprint density at radius 3 is 2.90 bits per heavy atom. The lowest BCUT2D eigenvalue weighted by molar-refractivity contribution is 0.526. The maximum atomic E-state index is 5.88. The number of furan rings is 1. The summed E-state index contributed by atoms with van der Waals surface area (Å²) in [6, 6.07) is 11.7.